The highest BCUT2D eigenvalue weighted by Gasteiger charge is 2.37. The molecule has 0 unspecified atom stereocenters. The van der Waals surface area contributed by atoms with Gasteiger partial charge in [0.1, 0.15) is 11.3 Å². The Morgan fingerprint density at radius 2 is 1.67 bits per heavy atom. The summed E-state index contributed by atoms with van der Waals surface area (Å²) >= 11 is 12.6. The van der Waals surface area contributed by atoms with Crippen molar-refractivity contribution in [3.05, 3.63) is 91.3 Å². The number of hydrogen-bond donors (Lipinski definition) is 1. The maximum Gasteiger partial charge on any atom is 0.343 e. The largest absolute Gasteiger partial charge is 0.497 e. The van der Waals surface area contributed by atoms with E-state index >= 15 is 0 Å². The van der Waals surface area contributed by atoms with Crippen molar-refractivity contribution in [2.75, 3.05) is 12.0 Å². The number of halogens is 3. The van der Waals surface area contributed by atoms with Gasteiger partial charge in [-0.25, -0.2) is 14.5 Å². The predicted octanol–water partition coefficient (Wildman–Crippen LogP) is 5.76. The fourth-order valence-corrected chi connectivity index (χ4v) is 4.78. The quantitative estimate of drug-likeness (QED) is 0.166. The molecule has 1 aliphatic rings. The van der Waals surface area contributed by atoms with Crippen molar-refractivity contribution >= 4 is 79.0 Å². The van der Waals surface area contributed by atoms with Crippen molar-refractivity contribution < 1.29 is 28.7 Å². The zero-order valence-electron chi connectivity index (χ0n) is 18.4. The molecular weight excluding hydrogens is 620 g/mol. The van der Waals surface area contributed by atoms with E-state index < -0.39 is 23.8 Å². The molecule has 0 aromatic heterocycles. The third-order valence-electron chi connectivity index (χ3n) is 5.04. The van der Waals surface area contributed by atoms with Crippen molar-refractivity contribution in [3.63, 3.8) is 0 Å². The highest BCUT2D eigenvalue weighted by Crippen LogP contribution is 2.36. The predicted molar refractivity (Wildman–Crippen MR) is 140 cm³/mol. The lowest BCUT2D eigenvalue weighted by atomic mass is 10.1. The number of amides is 4. The number of anilines is 1. The molecule has 1 aliphatic heterocycles. The summed E-state index contributed by atoms with van der Waals surface area (Å²) in [4.78, 5) is 51.9. The van der Waals surface area contributed by atoms with Crippen molar-refractivity contribution in [1.82, 2.24) is 5.32 Å². The van der Waals surface area contributed by atoms with Gasteiger partial charge in [0.2, 0.25) is 0 Å². The van der Waals surface area contributed by atoms with E-state index in [1.165, 1.54) is 37.5 Å². The molecule has 3 aromatic carbocycles. The summed E-state index contributed by atoms with van der Waals surface area (Å²) in [5.41, 5.74) is 0.385. The van der Waals surface area contributed by atoms with Crippen LogP contribution in [0.2, 0.25) is 5.02 Å². The number of imide groups is 2. The van der Waals surface area contributed by atoms with Gasteiger partial charge in [-0.3, -0.25) is 14.9 Å². The first-order valence-electron chi connectivity index (χ1n) is 10.2. The second-order valence-electron chi connectivity index (χ2n) is 7.36. The summed E-state index contributed by atoms with van der Waals surface area (Å²) in [7, 11) is 1.51. The maximum absolute atomic E-state index is 13.2. The van der Waals surface area contributed by atoms with E-state index in [0.29, 0.717) is 19.7 Å². The lowest BCUT2D eigenvalue weighted by molar-refractivity contribution is -0.122. The molecule has 3 aromatic rings. The van der Waals surface area contributed by atoms with Gasteiger partial charge in [0.05, 0.1) is 22.8 Å². The van der Waals surface area contributed by atoms with Gasteiger partial charge in [-0.15, -0.1) is 0 Å². The SMILES string of the molecule is COc1ccc(C(=O)Oc2c(Br)cc(Br)cc2/C=C2/C(=O)NC(=O)N(c3ccc(Cl)cc3)C2=O)cc1. The number of ether oxygens (including phenoxy) is 2. The van der Waals surface area contributed by atoms with E-state index in [9.17, 15) is 19.2 Å². The molecule has 0 atom stereocenters. The molecule has 1 N–H and O–H groups in total. The smallest absolute Gasteiger partial charge is 0.343 e. The van der Waals surface area contributed by atoms with Gasteiger partial charge < -0.3 is 9.47 Å². The lowest BCUT2D eigenvalue weighted by Crippen LogP contribution is -2.54. The van der Waals surface area contributed by atoms with Gasteiger partial charge in [0, 0.05) is 15.1 Å². The lowest BCUT2D eigenvalue weighted by Gasteiger charge is -2.26. The number of urea groups is 1. The van der Waals surface area contributed by atoms with Crippen LogP contribution in [-0.4, -0.2) is 30.9 Å². The van der Waals surface area contributed by atoms with Crippen molar-refractivity contribution in [3.8, 4) is 11.5 Å². The third-order valence-corrected chi connectivity index (χ3v) is 6.34. The van der Waals surface area contributed by atoms with E-state index in [-0.39, 0.29) is 28.1 Å². The average molecular weight is 635 g/mol. The van der Waals surface area contributed by atoms with Crippen LogP contribution in [0.5, 0.6) is 11.5 Å². The Kier molecular flexibility index (Phi) is 7.58. The third kappa shape index (κ3) is 5.35. The van der Waals surface area contributed by atoms with E-state index in [0.717, 1.165) is 4.90 Å². The first-order chi connectivity index (χ1) is 17.2. The molecule has 11 heteroatoms. The van der Waals surface area contributed by atoms with Gasteiger partial charge >= 0.3 is 12.0 Å². The molecule has 1 fully saturated rings. The fourth-order valence-electron chi connectivity index (χ4n) is 3.31. The number of benzene rings is 3. The van der Waals surface area contributed by atoms with Crippen LogP contribution >= 0.6 is 43.5 Å². The van der Waals surface area contributed by atoms with Crippen molar-refractivity contribution in [2.45, 2.75) is 0 Å². The van der Waals surface area contributed by atoms with Crippen LogP contribution in [0.4, 0.5) is 10.5 Å². The van der Waals surface area contributed by atoms with Crippen LogP contribution in [0.25, 0.3) is 6.08 Å². The van der Waals surface area contributed by atoms with Crippen LogP contribution in [0.3, 0.4) is 0 Å². The van der Waals surface area contributed by atoms with Gasteiger partial charge in [-0.05, 0) is 82.7 Å². The zero-order chi connectivity index (χ0) is 26.0. The van der Waals surface area contributed by atoms with E-state index in [1.54, 1.807) is 36.4 Å². The minimum atomic E-state index is -0.897. The Hall–Kier alpha value is -3.47. The van der Waals surface area contributed by atoms with E-state index in [1.807, 2.05) is 0 Å². The molecule has 0 aliphatic carbocycles. The monoisotopic (exact) mass is 632 g/mol. The summed E-state index contributed by atoms with van der Waals surface area (Å²) in [5, 5.41) is 2.57. The molecule has 1 heterocycles. The molecule has 0 spiro atoms. The normalized spacial score (nSPS) is 14.6. The molecule has 0 bridgehead atoms. The Morgan fingerprint density at radius 3 is 2.31 bits per heavy atom. The topological polar surface area (TPSA) is 102 Å². The van der Waals surface area contributed by atoms with Gasteiger partial charge in [0.25, 0.3) is 11.8 Å². The number of hydrogen-bond acceptors (Lipinski definition) is 6. The Morgan fingerprint density at radius 1 is 1.00 bits per heavy atom. The summed E-state index contributed by atoms with van der Waals surface area (Å²) in [5.74, 6) is -1.77. The zero-order valence-corrected chi connectivity index (χ0v) is 22.3. The summed E-state index contributed by atoms with van der Waals surface area (Å²) in [6, 6.07) is 14.6. The first kappa shape index (κ1) is 25.6. The number of methoxy groups -OCH3 is 1. The Bertz CT molecular complexity index is 1420. The van der Waals surface area contributed by atoms with Gasteiger partial charge in [-0.1, -0.05) is 27.5 Å². The second kappa shape index (κ2) is 10.7. The van der Waals surface area contributed by atoms with E-state index in [4.69, 9.17) is 21.1 Å². The molecule has 36 heavy (non-hydrogen) atoms. The van der Waals surface area contributed by atoms with E-state index in [2.05, 4.69) is 37.2 Å². The molecule has 4 amide bonds. The van der Waals surface area contributed by atoms with Gasteiger partial charge in [-0.2, -0.15) is 0 Å². The molecule has 182 valence electrons. The van der Waals surface area contributed by atoms with Crippen LogP contribution in [-0.2, 0) is 9.59 Å². The Labute approximate surface area is 227 Å². The van der Waals surface area contributed by atoms with Crippen LogP contribution in [0, 0.1) is 0 Å². The number of carbonyl (C=O) groups is 4. The molecule has 0 radical (unpaired) electrons. The highest BCUT2D eigenvalue weighted by atomic mass is 79.9. The van der Waals surface area contributed by atoms with Crippen LogP contribution in [0.1, 0.15) is 15.9 Å². The summed E-state index contributed by atoms with van der Waals surface area (Å²) in [6.45, 7) is 0. The standard InChI is InChI=1S/C25H15Br2ClN2O6/c1-35-18-8-2-13(3-9-18)24(33)36-21-14(10-15(26)12-20(21)27)11-19-22(31)29-25(34)30(23(19)32)17-6-4-16(28)5-7-17/h2-12H,1H3,(H,29,31,34)/b19-11-. The summed E-state index contributed by atoms with van der Waals surface area (Å²) in [6.07, 6.45) is 1.25. The molecular formula is C25H15Br2ClN2O6. The van der Waals surface area contributed by atoms with Gasteiger partial charge in [0.15, 0.2) is 5.75 Å². The molecule has 1 saturated heterocycles. The van der Waals surface area contributed by atoms with Crippen molar-refractivity contribution in [1.29, 1.82) is 0 Å². The number of carbonyl (C=O) groups excluding carboxylic acids is 4. The van der Waals surface area contributed by atoms with Crippen molar-refractivity contribution in [2.24, 2.45) is 0 Å². The minimum absolute atomic E-state index is 0.0714. The Balaban J connectivity index is 1.72. The number of barbiturate groups is 1. The maximum atomic E-state index is 13.2. The van der Waals surface area contributed by atoms with Crippen LogP contribution < -0.4 is 19.7 Å². The number of esters is 1. The number of nitrogens with one attached hydrogen (secondary N) is 1. The molecule has 0 saturated carbocycles. The second-order valence-corrected chi connectivity index (χ2v) is 9.56. The average Bonchev–Trinajstić information content (AvgIpc) is 2.84. The number of nitrogens with zero attached hydrogens (tertiary/aromatic N) is 1. The minimum Gasteiger partial charge on any atom is -0.497 e. The fraction of sp³-hybridized carbons (Fsp3) is 0.0400. The summed E-state index contributed by atoms with van der Waals surface area (Å²) < 4.78 is 11.7. The highest BCUT2D eigenvalue weighted by molar-refractivity contribution is 9.11. The molecule has 8 nitrogen and oxygen atoms in total. The molecule has 4 rings (SSSR count). The first-order valence-corrected chi connectivity index (χ1v) is 12.2. The number of rotatable bonds is 5. The van der Waals surface area contributed by atoms with Crippen LogP contribution in [0.15, 0.2) is 75.2 Å².